The maximum Gasteiger partial charge on any atom is 0.410 e. The van der Waals surface area contributed by atoms with Gasteiger partial charge in [0.1, 0.15) is 6.61 Å². The first-order valence-corrected chi connectivity index (χ1v) is 8.08. The summed E-state index contributed by atoms with van der Waals surface area (Å²) in [6.45, 7) is 4.93. The Morgan fingerprint density at radius 3 is 2.45 bits per heavy atom. The Bertz CT molecular complexity index is 431. The van der Waals surface area contributed by atoms with Crippen molar-refractivity contribution in [1.82, 2.24) is 9.80 Å². The Hall–Kier alpha value is -1.59. The molecule has 122 valence electrons. The lowest BCUT2D eigenvalue weighted by atomic mass is 10.2. The first kappa shape index (κ1) is 16.8. The van der Waals surface area contributed by atoms with Crippen molar-refractivity contribution in [2.24, 2.45) is 0 Å². The van der Waals surface area contributed by atoms with Gasteiger partial charge in [0.25, 0.3) is 0 Å². The molecule has 5 nitrogen and oxygen atoms in total. The van der Waals surface area contributed by atoms with Crippen LogP contribution in [0.4, 0.5) is 4.79 Å². The fourth-order valence-electron chi connectivity index (χ4n) is 2.59. The molecule has 0 atom stereocenters. The zero-order chi connectivity index (χ0) is 15.6. The first-order valence-electron chi connectivity index (χ1n) is 8.08. The fourth-order valence-corrected chi connectivity index (χ4v) is 2.59. The Morgan fingerprint density at radius 2 is 1.77 bits per heavy atom. The molecular formula is C17H26N2O3. The number of rotatable bonds is 7. The summed E-state index contributed by atoms with van der Waals surface area (Å²) in [5.74, 6) is 0. The van der Waals surface area contributed by atoms with Gasteiger partial charge in [-0.1, -0.05) is 30.3 Å². The number of aliphatic hydroxyl groups excluding tert-OH is 1. The van der Waals surface area contributed by atoms with Crippen LogP contribution >= 0.6 is 0 Å². The molecule has 2 rings (SSSR count). The minimum Gasteiger partial charge on any atom is -0.445 e. The van der Waals surface area contributed by atoms with E-state index in [1.807, 2.05) is 30.3 Å². The lowest BCUT2D eigenvalue weighted by Crippen LogP contribution is -2.48. The highest BCUT2D eigenvalue weighted by molar-refractivity contribution is 5.67. The Balaban J connectivity index is 1.62. The maximum absolute atomic E-state index is 12.0. The quantitative estimate of drug-likeness (QED) is 0.784. The molecule has 1 aliphatic heterocycles. The highest BCUT2D eigenvalue weighted by atomic mass is 16.6. The Kier molecular flexibility index (Phi) is 7.19. The summed E-state index contributed by atoms with van der Waals surface area (Å²) in [5.41, 5.74) is 1.01. The number of benzene rings is 1. The molecule has 0 spiro atoms. The predicted octanol–water partition coefficient (Wildman–Crippen LogP) is 2.10. The van der Waals surface area contributed by atoms with E-state index in [9.17, 15) is 4.79 Å². The van der Waals surface area contributed by atoms with Crippen molar-refractivity contribution in [2.75, 3.05) is 39.3 Å². The second kappa shape index (κ2) is 9.43. The van der Waals surface area contributed by atoms with E-state index in [4.69, 9.17) is 9.84 Å². The molecule has 1 fully saturated rings. The number of carbonyl (C=O) groups is 1. The number of carbonyl (C=O) groups excluding carboxylic acids is 1. The standard InChI is InChI=1S/C17H26N2O3/c20-14-6-2-5-9-18-10-12-19(13-11-18)17(21)22-15-16-7-3-1-4-8-16/h1,3-4,7-8,20H,2,5-6,9-15H2. The minimum atomic E-state index is -0.219. The van der Waals surface area contributed by atoms with Crippen LogP contribution in [0.5, 0.6) is 0 Å². The molecule has 5 heteroatoms. The average Bonchev–Trinajstić information content (AvgIpc) is 2.58. The van der Waals surface area contributed by atoms with E-state index >= 15 is 0 Å². The van der Waals surface area contributed by atoms with Gasteiger partial charge in [0.15, 0.2) is 0 Å². The first-order chi connectivity index (χ1) is 10.8. The summed E-state index contributed by atoms with van der Waals surface area (Å²) in [5, 5.41) is 8.76. The van der Waals surface area contributed by atoms with Crippen LogP contribution in [-0.4, -0.2) is 60.3 Å². The topological polar surface area (TPSA) is 53.0 Å². The second-order valence-electron chi connectivity index (χ2n) is 5.65. The summed E-state index contributed by atoms with van der Waals surface area (Å²) in [6, 6.07) is 9.75. The number of nitrogens with zero attached hydrogens (tertiary/aromatic N) is 2. The molecule has 0 unspecified atom stereocenters. The molecule has 0 bridgehead atoms. The average molecular weight is 306 g/mol. The molecule has 0 aromatic heterocycles. The van der Waals surface area contributed by atoms with E-state index in [0.717, 1.165) is 57.5 Å². The minimum absolute atomic E-state index is 0.219. The van der Waals surface area contributed by atoms with Crippen LogP contribution in [-0.2, 0) is 11.3 Å². The summed E-state index contributed by atoms with van der Waals surface area (Å²) in [7, 11) is 0. The monoisotopic (exact) mass is 306 g/mol. The molecule has 22 heavy (non-hydrogen) atoms. The van der Waals surface area contributed by atoms with Crippen LogP contribution in [0.15, 0.2) is 30.3 Å². The van der Waals surface area contributed by atoms with Crippen molar-refractivity contribution in [3.63, 3.8) is 0 Å². The van der Waals surface area contributed by atoms with Gasteiger partial charge < -0.3 is 14.7 Å². The Morgan fingerprint density at radius 1 is 1.05 bits per heavy atom. The SMILES string of the molecule is O=C(OCc1ccccc1)N1CCN(CCCCCO)CC1. The third kappa shape index (κ3) is 5.66. The van der Waals surface area contributed by atoms with Crippen LogP contribution in [0.2, 0.25) is 0 Å². The Labute approximate surface area is 132 Å². The number of hydrogen-bond acceptors (Lipinski definition) is 4. The van der Waals surface area contributed by atoms with Crippen LogP contribution < -0.4 is 0 Å². The molecule has 1 amide bonds. The van der Waals surface area contributed by atoms with E-state index in [2.05, 4.69) is 4.90 Å². The van der Waals surface area contributed by atoms with Gasteiger partial charge in [-0.05, 0) is 31.4 Å². The number of ether oxygens (including phenoxy) is 1. The smallest absolute Gasteiger partial charge is 0.410 e. The van der Waals surface area contributed by atoms with E-state index in [-0.39, 0.29) is 12.7 Å². The number of amides is 1. The highest BCUT2D eigenvalue weighted by Crippen LogP contribution is 2.08. The summed E-state index contributed by atoms with van der Waals surface area (Å²) < 4.78 is 5.36. The van der Waals surface area contributed by atoms with Gasteiger partial charge in [-0.15, -0.1) is 0 Å². The van der Waals surface area contributed by atoms with Gasteiger partial charge in [-0.2, -0.15) is 0 Å². The summed E-state index contributed by atoms with van der Waals surface area (Å²) >= 11 is 0. The van der Waals surface area contributed by atoms with Crippen molar-refractivity contribution < 1.29 is 14.6 Å². The van der Waals surface area contributed by atoms with Crippen molar-refractivity contribution in [3.05, 3.63) is 35.9 Å². The van der Waals surface area contributed by atoms with E-state index in [0.29, 0.717) is 6.61 Å². The zero-order valence-corrected chi connectivity index (χ0v) is 13.1. The molecule has 1 heterocycles. The largest absolute Gasteiger partial charge is 0.445 e. The number of hydrogen-bond donors (Lipinski definition) is 1. The number of unbranched alkanes of at least 4 members (excludes halogenated alkanes) is 2. The van der Waals surface area contributed by atoms with Gasteiger partial charge in [0.05, 0.1) is 0 Å². The summed E-state index contributed by atoms with van der Waals surface area (Å²) in [6.07, 6.45) is 2.84. The van der Waals surface area contributed by atoms with Gasteiger partial charge in [-0.3, -0.25) is 4.90 Å². The fraction of sp³-hybridized carbons (Fsp3) is 0.588. The van der Waals surface area contributed by atoms with E-state index in [1.165, 1.54) is 0 Å². The second-order valence-corrected chi connectivity index (χ2v) is 5.65. The van der Waals surface area contributed by atoms with Crippen molar-refractivity contribution in [3.8, 4) is 0 Å². The molecule has 1 N–H and O–H groups in total. The van der Waals surface area contributed by atoms with Crippen molar-refractivity contribution in [1.29, 1.82) is 0 Å². The maximum atomic E-state index is 12.0. The molecular weight excluding hydrogens is 280 g/mol. The van der Waals surface area contributed by atoms with Crippen LogP contribution in [0.1, 0.15) is 24.8 Å². The number of piperazine rings is 1. The highest BCUT2D eigenvalue weighted by Gasteiger charge is 2.21. The van der Waals surface area contributed by atoms with E-state index < -0.39 is 0 Å². The normalized spacial score (nSPS) is 15.8. The van der Waals surface area contributed by atoms with Crippen molar-refractivity contribution in [2.45, 2.75) is 25.9 Å². The van der Waals surface area contributed by atoms with Crippen LogP contribution in [0, 0.1) is 0 Å². The summed E-state index contributed by atoms with van der Waals surface area (Å²) in [4.78, 5) is 16.2. The third-order valence-corrected chi connectivity index (χ3v) is 3.97. The molecule has 0 radical (unpaired) electrons. The lowest BCUT2D eigenvalue weighted by molar-refractivity contribution is 0.0712. The molecule has 0 saturated carbocycles. The van der Waals surface area contributed by atoms with Crippen LogP contribution in [0.3, 0.4) is 0 Å². The van der Waals surface area contributed by atoms with Crippen LogP contribution in [0.25, 0.3) is 0 Å². The molecule has 0 aliphatic carbocycles. The number of aliphatic hydroxyl groups is 1. The van der Waals surface area contributed by atoms with Gasteiger partial charge >= 0.3 is 6.09 Å². The zero-order valence-electron chi connectivity index (χ0n) is 13.1. The molecule has 1 saturated heterocycles. The molecule has 1 aliphatic rings. The van der Waals surface area contributed by atoms with E-state index in [1.54, 1.807) is 4.90 Å². The molecule has 1 aromatic carbocycles. The van der Waals surface area contributed by atoms with Gasteiger partial charge in [-0.25, -0.2) is 4.79 Å². The third-order valence-electron chi connectivity index (χ3n) is 3.97. The van der Waals surface area contributed by atoms with Gasteiger partial charge in [0, 0.05) is 32.8 Å². The lowest BCUT2D eigenvalue weighted by Gasteiger charge is -2.34. The van der Waals surface area contributed by atoms with Gasteiger partial charge in [0.2, 0.25) is 0 Å². The predicted molar refractivity (Wildman–Crippen MR) is 85.6 cm³/mol. The molecule has 1 aromatic rings. The van der Waals surface area contributed by atoms with Crippen molar-refractivity contribution >= 4 is 6.09 Å².